The molecule has 0 unspecified atom stereocenters. The number of pyridine rings is 1. The molecule has 0 saturated heterocycles. The summed E-state index contributed by atoms with van der Waals surface area (Å²) in [6, 6.07) is 12.1. The average molecular weight is 474 g/mol. The lowest BCUT2D eigenvalue weighted by atomic mass is 10.0. The van der Waals surface area contributed by atoms with Crippen LogP contribution in [0.2, 0.25) is 0 Å². The van der Waals surface area contributed by atoms with Crippen LogP contribution in [-0.4, -0.2) is 34.7 Å². The van der Waals surface area contributed by atoms with Crippen LogP contribution in [0.25, 0.3) is 22.6 Å². The molecular formula is C27H35N7O. The van der Waals surface area contributed by atoms with E-state index >= 15 is 0 Å². The first-order valence-electron chi connectivity index (χ1n) is 12.6. The Morgan fingerprint density at radius 1 is 1.06 bits per heavy atom. The number of hydrogen-bond acceptors (Lipinski definition) is 5. The maximum Gasteiger partial charge on any atom is 0.328 e. The molecule has 4 rings (SSSR count). The lowest BCUT2D eigenvalue weighted by Crippen LogP contribution is -2.26. The van der Waals surface area contributed by atoms with Crippen LogP contribution in [0.5, 0.6) is 0 Å². The summed E-state index contributed by atoms with van der Waals surface area (Å²) in [5, 5.41) is 14.2. The normalized spacial score (nSPS) is 11.5. The number of imidazole rings is 1. The smallest absolute Gasteiger partial charge is 0.296 e. The van der Waals surface area contributed by atoms with Crippen molar-refractivity contribution in [2.75, 3.05) is 0 Å². The van der Waals surface area contributed by atoms with Gasteiger partial charge in [-0.05, 0) is 60.2 Å². The van der Waals surface area contributed by atoms with Crippen LogP contribution in [0.1, 0.15) is 63.4 Å². The van der Waals surface area contributed by atoms with Crippen LogP contribution in [-0.2, 0) is 19.5 Å². The van der Waals surface area contributed by atoms with Crippen molar-refractivity contribution in [1.29, 1.82) is 0 Å². The monoisotopic (exact) mass is 473 g/mol. The molecule has 35 heavy (non-hydrogen) atoms. The number of rotatable bonds is 11. The topological polar surface area (TPSA) is 94.3 Å². The molecule has 0 saturated carbocycles. The Bertz CT molecular complexity index is 1280. The molecule has 0 aliphatic heterocycles. The van der Waals surface area contributed by atoms with Crippen LogP contribution in [0.4, 0.5) is 0 Å². The molecule has 3 aromatic heterocycles. The molecular weight excluding hydrogens is 438 g/mol. The molecule has 1 N–H and O–H groups in total. The molecule has 0 radical (unpaired) electrons. The lowest BCUT2D eigenvalue weighted by molar-refractivity contribution is 0.498. The highest BCUT2D eigenvalue weighted by molar-refractivity contribution is 5.76. The minimum atomic E-state index is 0.101. The van der Waals surface area contributed by atoms with Crippen molar-refractivity contribution >= 4 is 0 Å². The third-order valence-corrected chi connectivity index (χ3v) is 6.53. The number of tetrazole rings is 1. The predicted octanol–water partition coefficient (Wildman–Crippen LogP) is 5.03. The molecule has 0 amide bonds. The van der Waals surface area contributed by atoms with Crippen molar-refractivity contribution in [3.05, 3.63) is 70.0 Å². The third kappa shape index (κ3) is 5.58. The van der Waals surface area contributed by atoms with E-state index in [1.807, 2.05) is 21.3 Å². The summed E-state index contributed by atoms with van der Waals surface area (Å²) >= 11 is 0. The van der Waals surface area contributed by atoms with Gasteiger partial charge in [0.05, 0.1) is 12.2 Å². The molecule has 0 spiro atoms. The fourth-order valence-corrected chi connectivity index (χ4v) is 4.48. The zero-order valence-electron chi connectivity index (χ0n) is 21.2. The van der Waals surface area contributed by atoms with Crippen molar-refractivity contribution in [1.82, 2.24) is 34.7 Å². The van der Waals surface area contributed by atoms with Gasteiger partial charge in [0.1, 0.15) is 0 Å². The van der Waals surface area contributed by atoms with E-state index in [4.69, 9.17) is 0 Å². The molecule has 8 heteroatoms. The highest BCUT2D eigenvalue weighted by Crippen LogP contribution is 2.27. The van der Waals surface area contributed by atoms with Crippen molar-refractivity contribution in [2.24, 2.45) is 5.92 Å². The highest BCUT2D eigenvalue weighted by Gasteiger charge is 2.17. The molecule has 3 heterocycles. The molecule has 4 aromatic rings. The average Bonchev–Trinajstić information content (AvgIpc) is 3.47. The zero-order valence-corrected chi connectivity index (χ0v) is 21.2. The number of aromatic nitrogens is 7. The molecule has 184 valence electrons. The van der Waals surface area contributed by atoms with Crippen molar-refractivity contribution in [3.8, 4) is 22.6 Å². The summed E-state index contributed by atoms with van der Waals surface area (Å²) in [5.74, 6) is 1.14. The van der Waals surface area contributed by atoms with E-state index in [9.17, 15) is 4.79 Å². The summed E-state index contributed by atoms with van der Waals surface area (Å²) in [6.07, 6.45) is 7.14. The molecule has 0 aliphatic carbocycles. The third-order valence-electron chi connectivity index (χ3n) is 6.53. The van der Waals surface area contributed by atoms with E-state index in [-0.39, 0.29) is 5.69 Å². The van der Waals surface area contributed by atoms with Gasteiger partial charge in [-0.1, -0.05) is 57.9 Å². The molecule has 1 aromatic carbocycles. The molecule has 0 aliphatic rings. The molecule has 0 fully saturated rings. The number of nitrogens with one attached hydrogen (secondary N) is 1. The first-order chi connectivity index (χ1) is 17.0. The number of H-pyrrole nitrogens is 1. The molecule has 8 nitrogen and oxygen atoms in total. The Labute approximate surface area is 206 Å². The summed E-state index contributed by atoms with van der Waals surface area (Å²) in [5.41, 5.74) is 6.10. The minimum Gasteiger partial charge on any atom is -0.296 e. The minimum absolute atomic E-state index is 0.101. The van der Waals surface area contributed by atoms with Crippen LogP contribution in [0.15, 0.2) is 47.4 Å². The summed E-state index contributed by atoms with van der Waals surface area (Å²) in [6.45, 7) is 10.1. The van der Waals surface area contributed by atoms with Gasteiger partial charge in [-0.2, -0.15) is 0 Å². The Morgan fingerprint density at radius 3 is 2.54 bits per heavy atom. The standard InChI is InChI=1S/C27H35N7O/c1-5-6-7-10-24-20(4)33(17-15-19(2)3)27(35)34(24)18-21-11-13-22(14-12-21)25-23(9-8-16-28-25)26-29-31-32-30-26/h8-9,11-14,16,19H,5-7,10,15,17-18H2,1-4H3,(H,29,30,31,32). The largest absolute Gasteiger partial charge is 0.328 e. The molecule has 0 bridgehead atoms. The number of unbranched alkanes of at least 4 members (excludes halogenated alkanes) is 2. The SMILES string of the molecule is CCCCCc1c(C)n(CCC(C)C)c(=O)n1Cc1ccc(-c2ncccc2-c2nnn[nH]2)cc1. The maximum absolute atomic E-state index is 13.4. The maximum atomic E-state index is 13.4. The Balaban J connectivity index is 1.62. The second kappa shape index (κ2) is 11.3. The molecule has 0 atom stereocenters. The highest BCUT2D eigenvalue weighted by atomic mass is 16.1. The number of aromatic amines is 1. The van der Waals surface area contributed by atoms with Crippen LogP contribution >= 0.6 is 0 Å². The van der Waals surface area contributed by atoms with Crippen LogP contribution < -0.4 is 5.69 Å². The quantitative estimate of drug-likeness (QED) is 0.308. The van der Waals surface area contributed by atoms with Gasteiger partial charge < -0.3 is 0 Å². The van der Waals surface area contributed by atoms with Gasteiger partial charge in [0, 0.05) is 35.3 Å². The fraction of sp³-hybridized carbons (Fsp3) is 0.444. The van der Waals surface area contributed by atoms with Gasteiger partial charge in [-0.25, -0.2) is 9.89 Å². The van der Waals surface area contributed by atoms with E-state index in [2.05, 4.69) is 77.6 Å². The van der Waals surface area contributed by atoms with Gasteiger partial charge in [-0.15, -0.1) is 5.10 Å². The van der Waals surface area contributed by atoms with E-state index in [0.29, 0.717) is 18.3 Å². The van der Waals surface area contributed by atoms with Crippen LogP contribution in [0, 0.1) is 12.8 Å². The lowest BCUT2D eigenvalue weighted by Gasteiger charge is -2.10. The van der Waals surface area contributed by atoms with Gasteiger partial charge in [0.25, 0.3) is 0 Å². The van der Waals surface area contributed by atoms with Gasteiger partial charge in [-0.3, -0.25) is 14.1 Å². The van der Waals surface area contributed by atoms with E-state index in [0.717, 1.165) is 53.9 Å². The zero-order chi connectivity index (χ0) is 24.8. The predicted molar refractivity (Wildman–Crippen MR) is 138 cm³/mol. The van der Waals surface area contributed by atoms with Gasteiger partial charge >= 0.3 is 5.69 Å². The fourth-order valence-electron chi connectivity index (χ4n) is 4.48. The van der Waals surface area contributed by atoms with Gasteiger partial charge in [0.15, 0.2) is 5.82 Å². The first-order valence-corrected chi connectivity index (χ1v) is 12.6. The second-order valence-corrected chi connectivity index (χ2v) is 9.54. The Morgan fingerprint density at radius 2 is 1.86 bits per heavy atom. The summed E-state index contributed by atoms with van der Waals surface area (Å²) in [4.78, 5) is 18.0. The van der Waals surface area contributed by atoms with Crippen molar-refractivity contribution in [3.63, 3.8) is 0 Å². The van der Waals surface area contributed by atoms with E-state index in [1.54, 1.807) is 6.20 Å². The number of hydrogen-bond donors (Lipinski definition) is 1. The number of benzene rings is 1. The Kier molecular flexibility index (Phi) is 7.90. The Hall–Kier alpha value is -3.55. The van der Waals surface area contributed by atoms with Crippen molar-refractivity contribution < 1.29 is 0 Å². The van der Waals surface area contributed by atoms with E-state index < -0.39 is 0 Å². The van der Waals surface area contributed by atoms with Gasteiger partial charge in [0.2, 0.25) is 0 Å². The number of nitrogens with zero attached hydrogens (tertiary/aromatic N) is 6. The van der Waals surface area contributed by atoms with Crippen LogP contribution in [0.3, 0.4) is 0 Å². The van der Waals surface area contributed by atoms with E-state index in [1.165, 1.54) is 18.5 Å². The summed E-state index contributed by atoms with van der Waals surface area (Å²) < 4.78 is 3.95. The second-order valence-electron chi connectivity index (χ2n) is 9.54. The van der Waals surface area contributed by atoms with Crippen molar-refractivity contribution in [2.45, 2.75) is 72.9 Å². The first kappa shape index (κ1) is 24.6. The summed E-state index contributed by atoms with van der Waals surface area (Å²) in [7, 11) is 0.